The molecule has 0 unspecified atom stereocenters. The monoisotopic (exact) mass is 423 g/mol. The van der Waals surface area contributed by atoms with Crippen LogP contribution in [0.4, 0.5) is 5.69 Å². The lowest BCUT2D eigenvalue weighted by atomic mass is 10.1. The second-order valence-corrected chi connectivity index (χ2v) is 8.26. The van der Waals surface area contributed by atoms with Gasteiger partial charge in [0.25, 0.3) is 5.91 Å². The Bertz CT molecular complexity index is 997. The van der Waals surface area contributed by atoms with Gasteiger partial charge in [-0.3, -0.25) is 9.52 Å². The maximum Gasteiger partial charge on any atom is 0.340 e. The molecule has 0 aliphatic rings. The summed E-state index contributed by atoms with van der Waals surface area (Å²) in [6.45, 7) is 3.95. The third-order valence-corrected chi connectivity index (χ3v) is 4.68. The van der Waals surface area contributed by atoms with Crippen LogP contribution in [-0.2, 0) is 26.0 Å². The van der Waals surface area contributed by atoms with Gasteiger partial charge in [0, 0.05) is 25.0 Å². The Morgan fingerprint density at radius 2 is 1.90 bits per heavy atom. The summed E-state index contributed by atoms with van der Waals surface area (Å²) in [4.78, 5) is 27.7. The molecule has 1 amide bonds. The van der Waals surface area contributed by atoms with Crippen LogP contribution in [0, 0.1) is 13.8 Å². The molecule has 0 saturated carbocycles. The fourth-order valence-corrected chi connectivity index (χ4v) is 3.36. The highest BCUT2D eigenvalue weighted by molar-refractivity contribution is 7.92. The van der Waals surface area contributed by atoms with Gasteiger partial charge in [-0.25, -0.2) is 13.2 Å². The van der Waals surface area contributed by atoms with Gasteiger partial charge >= 0.3 is 5.97 Å². The molecule has 2 aromatic rings. The molecule has 0 saturated heterocycles. The quantitative estimate of drug-likeness (QED) is 0.416. The predicted octanol–water partition coefficient (Wildman–Crippen LogP) is 1.74. The Morgan fingerprint density at radius 1 is 1.17 bits per heavy atom. The standard InChI is InChI=1S/C19H25N3O6S/c1-12-16(19(24)28-9-8-27-3)13(2)21-17(12)18(23)20-11-14-6-5-7-15(10-14)22-29(4,25)26/h5-7,10,21-22H,8-9,11H2,1-4H3,(H,20,23). The van der Waals surface area contributed by atoms with Gasteiger partial charge in [0.1, 0.15) is 12.3 Å². The Labute approximate surface area is 169 Å². The molecule has 158 valence electrons. The van der Waals surface area contributed by atoms with Crippen molar-refractivity contribution in [1.82, 2.24) is 10.3 Å². The molecule has 0 bridgehead atoms. The van der Waals surface area contributed by atoms with Crippen molar-refractivity contribution in [2.75, 3.05) is 31.3 Å². The van der Waals surface area contributed by atoms with Gasteiger partial charge in [0.2, 0.25) is 10.0 Å². The summed E-state index contributed by atoms with van der Waals surface area (Å²) in [7, 11) is -1.88. The fourth-order valence-electron chi connectivity index (χ4n) is 2.80. The minimum absolute atomic E-state index is 0.124. The number of esters is 1. The smallest absolute Gasteiger partial charge is 0.340 e. The number of ether oxygens (including phenoxy) is 2. The lowest BCUT2D eigenvalue weighted by molar-refractivity contribution is 0.0386. The van der Waals surface area contributed by atoms with E-state index in [2.05, 4.69) is 15.0 Å². The molecule has 1 aromatic carbocycles. The summed E-state index contributed by atoms with van der Waals surface area (Å²) >= 11 is 0. The zero-order valence-corrected chi connectivity index (χ0v) is 17.6. The summed E-state index contributed by atoms with van der Waals surface area (Å²) in [6.07, 6.45) is 1.07. The fraction of sp³-hybridized carbons (Fsp3) is 0.368. The van der Waals surface area contributed by atoms with E-state index in [4.69, 9.17) is 9.47 Å². The van der Waals surface area contributed by atoms with Crippen LogP contribution < -0.4 is 10.0 Å². The number of hydrogen-bond acceptors (Lipinski definition) is 6. The summed E-state index contributed by atoms with van der Waals surface area (Å²) in [5.41, 5.74) is 2.75. The van der Waals surface area contributed by atoms with Gasteiger partial charge < -0.3 is 19.8 Å². The molecule has 29 heavy (non-hydrogen) atoms. The van der Waals surface area contributed by atoms with E-state index in [0.717, 1.165) is 6.26 Å². The number of rotatable bonds is 9. The number of carbonyl (C=O) groups excluding carboxylic acids is 2. The Kier molecular flexibility index (Phi) is 7.40. The maximum atomic E-state index is 12.6. The SMILES string of the molecule is COCCOC(=O)c1c(C)[nH]c(C(=O)NCc2cccc(NS(C)(=O)=O)c2)c1C. The number of methoxy groups -OCH3 is 1. The van der Waals surface area contributed by atoms with Crippen molar-refractivity contribution in [2.45, 2.75) is 20.4 Å². The topological polar surface area (TPSA) is 127 Å². The normalized spacial score (nSPS) is 11.2. The molecule has 9 nitrogen and oxygen atoms in total. The number of sulfonamides is 1. The Balaban J connectivity index is 2.07. The molecule has 0 radical (unpaired) electrons. The van der Waals surface area contributed by atoms with Gasteiger partial charge in [-0.1, -0.05) is 12.1 Å². The highest BCUT2D eigenvalue weighted by atomic mass is 32.2. The van der Waals surface area contributed by atoms with Crippen LogP contribution in [0.3, 0.4) is 0 Å². The number of amides is 1. The highest BCUT2D eigenvalue weighted by Crippen LogP contribution is 2.19. The number of anilines is 1. The molecule has 0 fully saturated rings. The lowest BCUT2D eigenvalue weighted by Crippen LogP contribution is -2.24. The first-order chi connectivity index (χ1) is 13.6. The van der Waals surface area contributed by atoms with E-state index in [1.807, 2.05) is 0 Å². The number of nitrogens with one attached hydrogen (secondary N) is 3. The third-order valence-electron chi connectivity index (χ3n) is 4.07. The first-order valence-electron chi connectivity index (χ1n) is 8.82. The average Bonchev–Trinajstić information content (AvgIpc) is 2.93. The van der Waals surface area contributed by atoms with Crippen molar-refractivity contribution >= 4 is 27.6 Å². The number of benzene rings is 1. The van der Waals surface area contributed by atoms with Crippen LogP contribution in [0.15, 0.2) is 24.3 Å². The second kappa shape index (κ2) is 9.57. The number of carbonyl (C=O) groups is 2. The number of aromatic nitrogens is 1. The maximum absolute atomic E-state index is 12.6. The molecule has 0 spiro atoms. The van der Waals surface area contributed by atoms with Crippen molar-refractivity contribution in [3.05, 3.63) is 52.3 Å². The minimum atomic E-state index is -3.39. The van der Waals surface area contributed by atoms with Crippen LogP contribution in [0.25, 0.3) is 0 Å². The molecular weight excluding hydrogens is 398 g/mol. The Morgan fingerprint density at radius 3 is 2.55 bits per heavy atom. The predicted molar refractivity (Wildman–Crippen MR) is 109 cm³/mol. The molecule has 10 heteroatoms. The van der Waals surface area contributed by atoms with Crippen LogP contribution in [-0.4, -0.2) is 51.9 Å². The lowest BCUT2D eigenvalue weighted by Gasteiger charge is -2.08. The zero-order chi connectivity index (χ0) is 21.6. The van der Waals surface area contributed by atoms with Gasteiger partial charge in [0.05, 0.1) is 18.4 Å². The zero-order valence-electron chi connectivity index (χ0n) is 16.8. The van der Waals surface area contributed by atoms with Crippen LogP contribution in [0.1, 0.15) is 37.7 Å². The Hall–Kier alpha value is -2.85. The first kappa shape index (κ1) is 22.4. The van der Waals surface area contributed by atoms with Gasteiger partial charge in [0.15, 0.2) is 0 Å². The van der Waals surface area contributed by atoms with E-state index >= 15 is 0 Å². The molecule has 3 N–H and O–H groups in total. The highest BCUT2D eigenvalue weighted by Gasteiger charge is 2.23. The van der Waals surface area contributed by atoms with Crippen LogP contribution in [0.5, 0.6) is 0 Å². The van der Waals surface area contributed by atoms with Crippen molar-refractivity contribution in [1.29, 1.82) is 0 Å². The second-order valence-electron chi connectivity index (χ2n) is 6.51. The largest absolute Gasteiger partial charge is 0.460 e. The molecular formula is C19H25N3O6S. The number of aromatic amines is 1. The van der Waals surface area contributed by atoms with Crippen molar-refractivity contribution in [2.24, 2.45) is 0 Å². The van der Waals surface area contributed by atoms with E-state index in [9.17, 15) is 18.0 Å². The first-order valence-corrected chi connectivity index (χ1v) is 10.7. The molecule has 0 atom stereocenters. The van der Waals surface area contributed by atoms with Crippen LogP contribution in [0.2, 0.25) is 0 Å². The van der Waals surface area contributed by atoms with E-state index in [-0.39, 0.29) is 31.4 Å². The molecule has 0 aliphatic heterocycles. The molecule has 1 aromatic heterocycles. The van der Waals surface area contributed by atoms with Crippen molar-refractivity contribution in [3.8, 4) is 0 Å². The third kappa shape index (κ3) is 6.33. The summed E-state index contributed by atoms with van der Waals surface area (Å²) in [6, 6.07) is 6.70. The molecule has 2 rings (SSSR count). The van der Waals surface area contributed by atoms with Crippen LogP contribution >= 0.6 is 0 Å². The van der Waals surface area contributed by atoms with Crippen molar-refractivity contribution < 1.29 is 27.5 Å². The van der Waals surface area contributed by atoms with Gasteiger partial charge in [-0.2, -0.15) is 0 Å². The molecule has 1 heterocycles. The number of aryl methyl sites for hydroxylation is 1. The van der Waals surface area contributed by atoms with Crippen molar-refractivity contribution in [3.63, 3.8) is 0 Å². The van der Waals surface area contributed by atoms with E-state index in [1.54, 1.807) is 38.1 Å². The van der Waals surface area contributed by atoms with E-state index in [0.29, 0.717) is 28.1 Å². The molecule has 0 aliphatic carbocycles. The van der Waals surface area contributed by atoms with E-state index < -0.39 is 16.0 Å². The number of H-pyrrole nitrogens is 1. The van der Waals surface area contributed by atoms with E-state index in [1.165, 1.54) is 7.11 Å². The van der Waals surface area contributed by atoms with Gasteiger partial charge in [-0.05, 0) is 37.1 Å². The summed E-state index contributed by atoms with van der Waals surface area (Å²) < 4.78 is 35.1. The minimum Gasteiger partial charge on any atom is -0.460 e. The number of hydrogen-bond donors (Lipinski definition) is 3. The average molecular weight is 423 g/mol. The summed E-state index contributed by atoms with van der Waals surface area (Å²) in [5, 5.41) is 2.76. The van der Waals surface area contributed by atoms with Gasteiger partial charge in [-0.15, -0.1) is 0 Å². The summed E-state index contributed by atoms with van der Waals surface area (Å²) in [5.74, 6) is -0.907.